The van der Waals surface area contributed by atoms with E-state index in [9.17, 15) is 4.79 Å². The Kier molecular flexibility index (Phi) is 4.70. The Hall–Kier alpha value is -1.95. The average Bonchev–Trinajstić information content (AvgIpc) is 2.99. The molecule has 1 aromatic heterocycles. The molecule has 0 spiro atoms. The minimum Gasteiger partial charge on any atom is -0.355 e. The molecule has 1 saturated carbocycles. The highest BCUT2D eigenvalue weighted by Crippen LogP contribution is 2.66. The Morgan fingerprint density at radius 3 is 2.78 bits per heavy atom. The summed E-state index contributed by atoms with van der Waals surface area (Å²) in [6, 6.07) is 10.2. The van der Waals surface area contributed by atoms with Crippen molar-refractivity contribution in [1.29, 1.82) is 0 Å². The monoisotopic (exact) mass is 382 g/mol. The Labute approximate surface area is 164 Å². The molecule has 0 saturated heterocycles. The zero-order valence-corrected chi connectivity index (χ0v) is 17.0. The predicted octanol–water partition coefficient (Wildman–Crippen LogP) is 3.50. The van der Waals surface area contributed by atoms with Crippen LogP contribution in [0.5, 0.6) is 0 Å². The van der Waals surface area contributed by atoms with E-state index in [1.807, 2.05) is 18.2 Å². The van der Waals surface area contributed by atoms with E-state index in [2.05, 4.69) is 48.4 Å². The van der Waals surface area contributed by atoms with E-state index in [1.165, 1.54) is 23.7 Å². The highest BCUT2D eigenvalue weighted by Gasteiger charge is 2.61. The van der Waals surface area contributed by atoms with Crippen molar-refractivity contribution in [3.63, 3.8) is 0 Å². The number of benzene rings is 1. The lowest BCUT2D eigenvalue weighted by atomic mass is 9.70. The van der Waals surface area contributed by atoms with Crippen LogP contribution in [0.4, 0.5) is 0 Å². The number of carbonyl (C=O) groups excluding carboxylic acids is 1. The van der Waals surface area contributed by atoms with Crippen LogP contribution < -0.4 is 5.32 Å². The van der Waals surface area contributed by atoms with Crippen molar-refractivity contribution in [2.24, 2.45) is 5.41 Å². The van der Waals surface area contributed by atoms with Crippen LogP contribution in [0.15, 0.2) is 35.5 Å². The number of thioether (sulfide) groups is 1. The van der Waals surface area contributed by atoms with Crippen molar-refractivity contribution >= 4 is 17.7 Å². The molecule has 1 fully saturated rings. The largest absolute Gasteiger partial charge is 0.355 e. The summed E-state index contributed by atoms with van der Waals surface area (Å²) >= 11 is 1.37. The molecular formula is C21H26N4OS. The van der Waals surface area contributed by atoms with Crippen molar-refractivity contribution in [2.45, 2.75) is 56.5 Å². The zero-order chi connectivity index (χ0) is 19.1. The number of hydrogen-bond acceptors (Lipinski definition) is 5. The minimum absolute atomic E-state index is 0.00749. The molecule has 4 rings (SSSR count). The molecule has 0 aliphatic heterocycles. The van der Waals surface area contributed by atoms with Gasteiger partial charge in [0.25, 0.3) is 0 Å². The maximum atomic E-state index is 12.1. The number of hydrogen-bond donors (Lipinski definition) is 1. The van der Waals surface area contributed by atoms with Gasteiger partial charge in [-0.25, -0.2) is 4.98 Å². The van der Waals surface area contributed by atoms with Crippen LogP contribution >= 0.6 is 11.8 Å². The lowest BCUT2D eigenvalue weighted by Gasteiger charge is -2.33. The van der Waals surface area contributed by atoms with E-state index in [4.69, 9.17) is 4.98 Å². The van der Waals surface area contributed by atoms with Crippen molar-refractivity contribution in [3.8, 4) is 0 Å². The molecule has 2 aliphatic rings. The van der Waals surface area contributed by atoms with Gasteiger partial charge in [-0.1, -0.05) is 62.9 Å². The normalized spacial score (nSPS) is 24.6. The average molecular weight is 383 g/mol. The first-order chi connectivity index (χ1) is 12.9. The van der Waals surface area contributed by atoms with Crippen LogP contribution in [0.3, 0.4) is 0 Å². The van der Waals surface area contributed by atoms with Gasteiger partial charge in [0.1, 0.15) is 0 Å². The Bertz CT molecular complexity index is 855. The first-order valence-corrected chi connectivity index (χ1v) is 10.6. The zero-order valence-electron chi connectivity index (χ0n) is 16.2. The molecule has 2 aromatic rings. The van der Waals surface area contributed by atoms with Gasteiger partial charge >= 0.3 is 0 Å². The Balaban J connectivity index is 1.33. The summed E-state index contributed by atoms with van der Waals surface area (Å²) in [6.07, 6.45) is 3.16. The quantitative estimate of drug-likeness (QED) is 0.775. The number of amides is 1. The van der Waals surface area contributed by atoms with E-state index < -0.39 is 0 Å². The number of rotatable bonds is 6. The van der Waals surface area contributed by atoms with Crippen molar-refractivity contribution < 1.29 is 4.79 Å². The molecule has 27 heavy (non-hydrogen) atoms. The highest BCUT2D eigenvalue weighted by atomic mass is 32.2. The summed E-state index contributed by atoms with van der Waals surface area (Å²) in [5.74, 6) is 0.782. The third kappa shape index (κ3) is 3.14. The molecule has 2 atom stereocenters. The molecule has 1 heterocycles. The summed E-state index contributed by atoms with van der Waals surface area (Å²) in [7, 11) is 0. The Morgan fingerprint density at radius 1 is 1.22 bits per heavy atom. The molecule has 1 amide bonds. The number of carbonyl (C=O) groups is 1. The SMILES string of the molecule is CC12CCC(c3nnc(SCC(=O)NCCc4ccccc4)nc31)C2(C)C. The van der Waals surface area contributed by atoms with Crippen LogP contribution in [0.1, 0.15) is 56.5 Å². The van der Waals surface area contributed by atoms with Gasteiger partial charge in [-0.15, -0.1) is 5.10 Å². The first kappa shape index (κ1) is 18.4. The fourth-order valence-corrected chi connectivity index (χ4v) is 5.21. The van der Waals surface area contributed by atoms with Gasteiger partial charge in [0.15, 0.2) is 0 Å². The second-order valence-electron chi connectivity index (χ2n) is 8.35. The second kappa shape index (κ2) is 6.89. The summed E-state index contributed by atoms with van der Waals surface area (Å²) < 4.78 is 0. The van der Waals surface area contributed by atoms with Crippen molar-refractivity contribution in [2.75, 3.05) is 12.3 Å². The molecule has 1 N–H and O–H groups in total. The van der Waals surface area contributed by atoms with Gasteiger partial charge in [0, 0.05) is 17.9 Å². The lowest BCUT2D eigenvalue weighted by molar-refractivity contribution is -0.118. The maximum absolute atomic E-state index is 12.1. The molecule has 2 aliphatic carbocycles. The van der Waals surface area contributed by atoms with Gasteiger partial charge in [-0.2, -0.15) is 5.10 Å². The molecule has 2 unspecified atom stereocenters. The second-order valence-corrected chi connectivity index (χ2v) is 9.29. The summed E-state index contributed by atoms with van der Waals surface area (Å²) in [5.41, 5.74) is 3.64. The van der Waals surface area contributed by atoms with Crippen molar-refractivity contribution in [3.05, 3.63) is 47.3 Å². The fourth-order valence-electron chi connectivity index (χ4n) is 4.60. The predicted molar refractivity (Wildman–Crippen MR) is 107 cm³/mol. The summed E-state index contributed by atoms with van der Waals surface area (Å²) in [6.45, 7) is 7.58. The van der Waals surface area contributed by atoms with Gasteiger partial charge < -0.3 is 5.32 Å². The molecular weight excluding hydrogens is 356 g/mol. The standard InChI is InChI=1S/C21H26N4OS/c1-20(2)15-9-11-21(20,3)18-17(15)24-25-19(23-18)27-13-16(26)22-12-10-14-7-5-4-6-8-14/h4-8,15H,9-13H2,1-3H3,(H,22,26). The number of aromatic nitrogens is 3. The minimum atomic E-state index is 0.00749. The molecule has 5 nitrogen and oxygen atoms in total. The number of nitrogens with one attached hydrogen (secondary N) is 1. The van der Waals surface area contributed by atoms with E-state index >= 15 is 0 Å². The molecule has 142 valence electrons. The Morgan fingerprint density at radius 2 is 2.00 bits per heavy atom. The highest BCUT2D eigenvalue weighted by molar-refractivity contribution is 7.99. The molecule has 2 bridgehead atoms. The van der Waals surface area contributed by atoms with E-state index in [0.29, 0.717) is 23.4 Å². The first-order valence-electron chi connectivity index (χ1n) is 9.60. The molecule has 0 radical (unpaired) electrons. The fraction of sp³-hybridized carbons (Fsp3) is 0.524. The summed E-state index contributed by atoms with van der Waals surface area (Å²) in [5, 5.41) is 12.4. The molecule has 1 aromatic carbocycles. The maximum Gasteiger partial charge on any atom is 0.230 e. The van der Waals surface area contributed by atoms with E-state index in [0.717, 1.165) is 24.2 Å². The lowest BCUT2D eigenvalue weighted by Crippen LogP contribution is -2.32. The topological polar surface area (TPSA) is 67.8 Å². The van der Waals surface area contributed by atoms with Gasteiger partial charge in [-0.3, -0.25) is 4.79 Å². The number of fused-ring (bicyclic) bond motifs is 5. The van der Waals surface area contributed by atoms with Crippen LogP contribution in [0.2, 0.25) is 0 Å². The van der Waals surface area contributed by atoms with Crippen LogP contribution in [-0.2, 0) is 16.6 Å². The van der Waals surface area contributed by atoms with E-state index in [-0.39, 0.29) is 16.7 Å². The van der Waals surface area contributed by atoms with Gasteiger partial charge in [0.2, 0.25) is 11.1 Å². The third-order valence-electron chi connectivity index (χ3n) is 6.68. The smallest absolute Gasteiger partial charge is 0.230 e. The third-order valence-corrected chi connectivity index (χ3v) is 7.52. The van der Waals surface area contributed by atoms with Crippen molar-refractivity contribution in [1.82, 2.24) is 20.5 Å². The van der Waals surface area contributed by atoms with Crippen LogP contribution in [0.25, 0.3) is 0 Å². The summed E-state index contributed by atoms with van der Waals surface area (Å²) in [4.78, 5) is 16.9. The van der Waals surface area contributed by atoms with Gasteiger partial charge in [0.05, 0.1) is 17.1 Å². The van der Waals surface area contributed by atoms with Crippen LogP contribution in [-0.4, -0.2) is 33.4 Å². The van der Waals surface area contributed by atoms with E-state index in [1.54, 1.807) is 0 Å². The molecule has 6 heteroatoms. The van der Waals surface area contributed by atoms with Gasteiger partial charge in [-0.05, 0) is 30.2 Å². The number of nitrogens with zero attached hydrogens (tertiary/aromatic N) is 3. The van der Waals surface area contributed by atoms with Crippen LogP contribution in [0, 0.1) is 5.41 Å².